The zero-order valence-corrected chi connectivity index (χ0v) is 7.75. The largest absolute Gasteiger partial charge is 0.358 e. The Morgan fingerprint density at radius 1 is 1.77 bits per heavy atom. The zero-order valence-electron chi connectivity index (χ0n) is 7.75. The van der Waals surface area contributed by atoms with Crippen molar-refractivity contribution in [3.8, 4) is 0 Å². The lowest BCUT2D eigenvalue weighted by Crippen LogP contribution is -2.51. The van der Waals surface area contributed by atoms with Crippen molar-refractivity contribution >= 4 is 11.8 Å². The minimum atomic E-state index is -0.418. The highest BCUT2D eigenvalue weighted by molar-refractivity contribution is 5.87. The molecule has 2 amide bonds. The summed E-state index contributed by atoms with van der Waals surface area (Å²) < 4.78 is 0. The Balaban J connectivity index is 2.49. The SMILES string of the molecule is CNC(=O)CN1CCC[C@H](N)C1=O. The van der Waals surface area contributed by atoms with Crippen molar-refractivity contribution in [2.24, 2.45) is 5.73 Å². The van der Waals surface area contributed by atoms with Crippen molar-refractivity contribution in [2.45, 2.75) is 18.9 Å². The molecule has 0 spiro atoms. The summed E-state index contributed by atoms with van der Waals surface area (Å²) in [6, 6.07) is -0.418. The van der Waals surface area contributed by atoms with E-state index in [4.69, 9.17) is 5.73 Å². The van der Waals surface area contributed by atoms with E-state index in [1.54, 1.807) is 7.05 Å². The average Bonchev–Trinajstić information content (AvgIpc) is 2.13. The number of amides is 2. The summed E-state index contributed by atoms with van der Waals surface area (Å²) in [7, 11) is 1.55. The van der Waals surface area contributed by atoms with E-state index in [9.17, 15) is 9.59 Å². The van der Waals surface area contributed by atoms with Gasteiger partial charge in [0.2, 0.25) is 11.8 Å². The zero-order chi connectivity index (χ0) is 9.84. The molecule has 0 aromatic rings. The van der Waals surface area contributed by atoms with E-state index in [1.165, 1.54) is 4.90 Å². The fraction of sp³-hybridized carbons (Fsp3) is 0.750. The molecule has 0 bridgehead atoms. The third-order valence-electron chi connectivity index (χ3n) is 2.19. The van der Waals surface area contributed by atoms with E-state index < -0.39 is 6.04 Å². The third kappa shape index (κ3) is 2.42. The van der Waals surface area contributed by atoms with Gasteiger partial charge in [-0.3, -0.25) is 9.59 Å². The monoisotopic (exact) mass is 185 g/mol. The highest BCUT2D eigenvalue weighted by Crippen LogP contribution is 2.08. The van der Waals surface area contributed by atoms with Crippen molar-refractivity contribution in [3.63, 3.8) is 0 Å². The number of rotatable bonds is 2. The number of carbonyl (C=O) groups is 2. The molecule has 0 aromatic carbocycles. The van der Waals surface area contributed by atoms with Crippen molar-refractivity contribution in [1.82, 2.24) is 10.2 Å². The molecule has 0 saturated carbocycles. The Hall–Kier alpha value is -1.10. The molecular weight excluding hydrogens is 170 g/mol. The number of nitrogens with two attached hydrogens (primary N) is 1. The van der Waals surface area contributed by atoms with Gasteiger partial charge in [-0.05, 0) is 12.8 Å². The molecule has 5 heteroatoms. The lowest BCUT2D eigenvalue weighted by atomic mass is 10.1. The van der Waals surface area contributed by atoms with E-state index in [2.05, 4.69) is 5.32 Å². The van der Waals surface area contributed by atoms with Crippen LogP contribution in [-0.4, -0.2) is 42.9 Å². The van der Waals surface area contributed by atoms with Gasteiger partial charge in [0.05, 0.1) is 12.6 Å². The molecule has 0 unspecified atom stereocenters. The maximum atomic E-state index is 11.4. The van der Waals surface area contributed by atoms with Gasteiger partial charge >= 0.3 is 0 Å². The highest BCUT2D eigenvalue weighted by atomic mass is 16.2. The average molecular weight is 185 g/mol. The first-order valence-electron chi connectivity index (χ1n) is 4.40. The van der Waals surface area contributed by atoms with Crippen molar-refractivity contribution in [1.29, 1.82) is 0 Å². The maximum Gasteiger partial charge on any atom is 0.239 e. The van der Waals surface area contributed by atoms with Crippen LogP contribution in [0.25, 0.3) is 0 Å². The molecule has 1 aliphatic rings. The van der Waals surface area contributed by atoms with Gasteiger partial charge in [-0.25, -0.2) is 0 Å². The number of hydrogen-bond donors (Lipinski definition) is 2. The first kappa shape index (κ1) is 9.98. The van der Waals surface area contributed by atoms with Gasteiger partial charge in [0, 0.05) is 13.6 Å². The van der Waals surface area contributed by atoms with Crippen molar-refractivity contribution in [2.75, 3.05) is 20.1 Å². The van der Waals surface area contributed by atoms with Gasteiger partial charge in [-0.2, -0.15) is 0 Å². The molecule has 1 saturated heterocycles. The topological polar surface area (TPSA) is 75.4 Å². The van der Waals surface area contributed by atoms with Crippen LogP contribution >= 0.6 is 0 Å². The minimum absolute atomic E-state index is 0.116. The van der Waals surface area contributed by atoms with Gasteiger partial charge < -0.3 is 16.0 Å². The first-order valence-corrected chi connectivity index (χ1v) is 4.40. The summed E-state index contributed by atoms with van der Waals surface area (Å²) in [4.78, 5) is 23.9. The van der Waals surface area contributed by atoms with Crippen molar-refractivity contribution < 1.29 is 9.59 Å². The van der Waals surface area contributed by atoms with Crippen LogP contribution in [0.5, 0.6) is 0 Å². The smallest absolute Gasteiger partial charge is 0.239 e. The van der Waals surface area contributed by atoms with Gasteiger partial charge in [-0.15, -0.1) is 0 Å². The predicted molar refractivity (Wildman–Crippen MR) is 47.9 cm³/mol. The Morgan fingerprint density at radius 3 is 3.08 bits per heavy atom. The number of nitrogens with zero attached hydrogens (tertiary/aromatic N) is 1. The van der Waals surface area contributed by atoms with E-state index >= 15 is 0 Å². The maximum absolute atomic E-state index is 11.4. The van der Waals surface area contributed by atoms with Crippen LogP contribution in [0.2, 0.25) is 0 Å². The van der Waals surface area contributed by atoms with Crippen LogP contribution in [0, 0.1) is 0 Å². The second kappa shape index (κ2) is 4.23. The van der Waals surface area contributed by atoms with Crippen LogP contribution < -0.4 is 11.1 Å². The molecule has 1 aliphatic heterocycles. The molecule has 0 radical (unpaired) electrons. The molecule has 74 valence electrons. The van der Waals surface area contributed by atoms with E-state index in [0.29, 0.717) is 6.54 Å². The second-order valence-corrected chi connectivity index (χ2v) is 3.18. The number of piperidine rings is 1. The molecule has 13 heavy (non-hydrogen) atoms. The minimum Gasteiger partial charge on any atom is -0.358 e. The molecular formula is C8H15N3O2. The molecule has 0 aliphatic carbocycles. The molecule has 1 fully saturated rings. The molecule has 0 aromatic heterocycles. The van der Waals surface area contributed by atoms with Gasteiger partial charge in [0.15, 0.2) is 0 Å². The van der Waals surface area contributed by atoms with E-state index in [1.807, 2.05) is 0 Å². The third-order valence-corrected chi connectivity index (χ3v) is 2.19. The summed E-state index contributed by atoms with van der Waals surface area (Å²) >= 11 is 0. The van der Waals surface area contributed by atoms with Crippen LogP contribution in [-0.2, 0) is 9.59 Å². The number of likely N-dealkylation sites (tertiary alicyclic amines) is 1. The van der Waals surface area contributed by atoms with E-state index in [0.717, 1.165) is 12.8 Å². The highest BCUT2D eigenvalue weighted by Gasteiger charge is 2.26. The number of nitrogens with one attached hydrogen (secondary N) is 1. The lowest BCUT2D eigenvalue weighted by molar-refractivity contribution is -0.138. The number of hydrogen-bond acceptors (Lipinski definition) is 3. The summed E-state index contributed by atoms with van der Waals surface area (Å²) in [5.74, 6) is -0.266. The normalized spacial score (nSPS) is 23.1. The summed E-state index contributed by atoms with van der Waals surface area (Å²) in [5, 5.41) is 2.47. The van der Waals surface area contributed by atoms with Gasteiger partial charge in [0.25, 0.3) is 0 Å². The Labute approximate surface area is 77.3 Å². The van der Waals surface area contributed by atoms with E-state index in [-0.39, 0.29) is 18.4 Å². The van der Waals surface area contributed by atoms with Gasteiger partial charge in [0.1, 0.15) is 0 Å². The molecule has 1 rings (SSSR count). The van der Waals surface area contributed by atoms with Crippen LogP contribution in [0.4, 0.5) is 0 Å². The Morgan fingerprint density at radius 2 is 2.46 bits per heavy atom. The van der Waals surface area contributed by atoms with Crippen LogP contribution in [0.15, 0.2) is 0 Å². The van der Waals surface area contributed by atoms with Crippen LogP contribution in [0.3, 0.4) is 0 Å². The quantitative estimate of drug-likeness (QED) is 0.560. The Bertz CT molecular complexity index is 217. The fourth-order valence-electron chi connectivity index (χ4n) is 1.38. The molecule has 1 heterocycles. The lowest BCUT2D eigenvalue weighted by Gasteiger charge is -2.29. The first-order chi connectivity index (χ1) is 6.15. The summed E-state index contributed by atoms with van der Waals surface area (Å²) in [6.45, 7) is 0.767. The second-order valence-electron chi connectivity index (χ2n) is 3.18. The Kier molecular flexibility index (Phi) is 3.25. The van der Waals surface area contributed by atoms with Crippen molar-refractivity contribution in [3.05, 3.63) is 0 Å². The fourth-order valence-corrected chi connectivity index (χ4v) is 1.38. The van der Waals surface area contributed by atoms with Crippen LogP contribution in [0.1, 0.15) is 12.8 Å². The standard InChI is InChI=1S/C8H15N3O2/c1-10-7(12)5-11-4-2-3-6(9)8(11)13/h6H,2-5,9H2,1H3,(H,10,12)/t6-/m0/s1. The predicted octanol–water partition coefficient (Wildman–Crippen LogP) is -1.32. The number of carbonyl (C=O) groups excluding carboxylic acids is 2. The summed E-state index contributed by atoms with van der Waals surface area (Å²) in [5.41, 5.74) is 5.56. The number of likely N-dealkylation sites (N-methyl/N-ethyl adjacent to an activating group) is 1. The van der Waals surface area contributed by atoms with Gasteiger partial charge in [-0.1, -0.05) is 0 Å². The molecule has 3 N–H and O–H groups in total. The summed E-state index contributed by atoms with van der Waals surface area (Å²) in [6.07, 6.45) is 1.60. The molecule has 5 nitrogen and oxygen atoms in total. The molecule has 1 atom stereocenters.